The minimum atomic E-state index is -4.72. The summed E-state index contributed by atoms with van der Waals surface area (Å²) in [7, 11) is -1.10. The Balaban J connectivity index is 2.04. The topological polar surface area (TPSA) is 72.5 Å². The smallest absolute Gasteiger partial charge is 0.418 e. The summed E-state index contributed by atoms with van der Waals surface area (Å²) in [6, 6.07) is 9.24. The predicted octanol–water partition coefficient (Wildman–Crippen LogP) is 4.03. The molecule has 0 fully saturated rings. The van der Waals surface area contributed by atoms with E-state index in [0.717, 1.165) is 12.1 Å². The van der Waals surface area contributed by atoms with E-state index in [1.54, 1.807) is 12.1 Å². The van der Waals surface area contributed by atoms with Crippen LogP contribution in [0.4, 0.5) is 18.9 Å². The van der Waals surface area contributed by atoms with E-state index < -0.39 is 46.7 Å². The fourth-order valence-corrected chi connectivity index (χ4v) is 3.17. The van der Waals surface area contributed by atoms with Crippen molar-refractivity contribution in [2.24, 2.45) is 0 Å². The highest BCUT2D eigenvalue weighted by Gasteiger charge is 2.34. The van der Waals surface area contributed by atoms with Crippen molar-refractivity contribution in [1.82, 2.24) is 0 Å². The van der Waals surface area contributed by atoms with Gasteiger partial charge < -0.3 is 10.1 Å². The molecule has 0 radical (unpaired) electrons. The number of esters is 1. The van der Waals surface area contributed by atoms with Gasteiger partial charge in [-0.1, -0.05) is 29.8 Å². The molecule has 2 aromatic carbocycles. The number of alkyl halides is 3. The fraction of sp³-hybridized carbons (Fsp3) is 0.222. The van der Waals surface area contributed by atoms with Gasteiger partial charge in [-0.2, -0.15) is 13.2 Å². The summed E-state index contributed by atoms with van der Waals surface area (Å²) in [6.45, 7) is -0.800. The number of benzene rings is 2. The van der Waals surface area contributed by atoms with Crippen molar-refractivity contribution >= 4 is 40.0 Å². The highest BCUT2D eigenvalue weighted by molar-refractivity contribution is 7.83. The Bertz CT molecular complexity index is 918. The average Bonchev–Trinajstić information content (AvgIpc) is 2.60. The van der Waals surface area contributed by atoms with Gasteiger partial charge >= 0.3 is 12.1 Å². The van der Waals surface area contributed by atoms with Crippen LogP contribution in [-0.2, 0) is 32.3 Å². The second-order valence-corrected chi connectivity index (χ2v) is 7.54. The number of rotatable bonds is 6. The van der Waals surface area contributed by atoms with Gasteiger partial charge in [0.25, 0.3) is 5.91 Å². The molecule has 2 aromatic rings. The first-order chi connectivity index (χ1) is 13.1. The van der Waals surface area contributed by atoms with Crippen LogP contribution in [0.2, 0.25) is 5.02 Å². The number of halogens is 4. The molecule has 1 N–H and O–H groups in total. The predicted molar refractivity (Wildman–Crippen MR) is 99.6 cm³/mol. The van der Waals surface area contributed by atoms with Crippen LogP contribution in [0.5, 0.6) is 0 Å². The van der Waals surface area contributed by atoms with Crippen molar-refractivity contribution in [1.29, 1.82) is 0 Å². The summed E-state index contributed by atoms with van der Waals surface area (Å²) in [5, 5.41) is 1.72. The van der Waals surface area contributed by atoms with Gasteiger partial charge in [0.2, 0.25) is 0 Å². The number of anilines is 1. The van der Waals surface area contributed by atoms with Crippen LogP contribution >= 0.6 is 11.6 Å². The lowest BCUT2D eigenvalue weighted by Gasteiger charge is -2.15. The van der Waals surface area contributed by atoms with Crippen LogP contribution in [-0.4, -0.2) is 28.9 Å². The number of hydrogen-bond donors (Lipinski definition) is 1. The van der Waals surface area contributed by atoms with Crippen LogP contribution < -0.4 is 5.32 Å². The summed E-state index contributed by atoms with van der Waals surface area (Å²) in [5.41, 5.74) is -0.944. The van der Waals surface area contributed by atoms with E-state index in [2.05, 4.69) is 0 Å². The number of hydrogen-bond acceptors (Lipinski definition) is 4. The highest BCUT2D eigenvalue weighted by atomic mass is 35.5. The van der Waals surface area contributed by atoms with E-state index >= 15 is 0 Å². The molecule has 0 saturated heterocycles. The molecule has 10 heteroatoms. The Labute approximate surface area is 166 Å². The SMILES string of the molecule is CS(=O)Cc1cccc(C(=O)OCC(=O)Nc2c(Cl)cccc2C(F)(F)F)c1. The average molecular weight is 434 g/mol. The van der Waals surface area contributed by atoms with Gasteiger partial charge in [-0.25, -0.2) is 4.79 Å². The molecule has 0 aromatic heterocycles. The summed E-state index contributed by atoms with van der Waals surface area (Å²) < 4.78 is 55.2. The van der Waals surface area contributed by atoms with Crippen molar-refractivity contribution in [2.75, 3.05) is 18.2 Å². The van der Waals surface area contributed by atoms with Crippen LogP contribution in [0.1, 0.15) is 21.5 Å². The molecule has 1 unspecified atom stereocenters. The Hall–Kier alpha value is -2.39. The van der Waals surface area contributed by atoms with Gasteiger partial charge in [-0.3, -0.25) is 9.00 Å². The molecule has 2 rings (SSSR count). The number of nitrogens with one attached hydrogen (secondary N) is 1. The lowest BCUT2D eigenvalue weighted by molar-refractivity contribution is -0.137. The Morgan fingerprint density at radius 3 is 2.50 bits per heavy atom. The highest BCUT2D eigenvalue weighted by Crippen LogP contribution is 2.38. The molecule has 1 atom stereocenters. The lowest BCUT2D eigenvalue weighted by Crippen LogP contribution is -2.23. The van der Waals surface area contributed by atoms with Gasteiger partial charge in [0.15, 0.2) is 6.61 Å². The molecular weight excluding hydrogens is 419 g/mol. The minimum absolute atomic E-state index is 0.129. The van der Waals surface area contributed by atoms with E-state index in [0.29, 0.717) is 5.56 Å². The Morgan fingerprint density at radius 2 is 1.86 bits per heavy atom. The van der Waals surface area contributed by atoms with Crippen molar-refractivity contribution < 1.29 is 31.7 Å². The maximum absolute atomic E-state index is 13.0. The molecular formula is C18H15ClF3NO4S. The third-order valence-corrected chi connectivity index (χ3v) is 4.51. The molecule has 1 amide bonds. The van der Waals surface area contributed by atoms with E-state index in [1.165, 1.54) is 24.5 Å². The number of amides is 1. The quantitative estimate of drug-likeness (QED) is 0.698. The van der Waals surface area contributed by atoms with Crippen LogP contribution in [0.15, 0.2) is 42.5 Å². The third kappa shape index (κ3) is 6.07. The summed E-state index contributed by atoms with van der Waals surface area (Å²) in [5.74, 6) is -1.57. The van der Waals surface area contributed by atoms with Crippen LogP contribution in [0.25, 0.3) is 0 Å². The Kier molecular flexibility index (Phi) is 7.20. The van der Waals surface area contributed by atoms with Gasteiger partial charge in [0.05, 0.1) is 21.8 Å². The number of carbonyl (C=O) groups excluding carboxylic acids is 2. The van der Waals surface area contributed by atoms with Crippen LogP contribution in [0, 0.1) is 0 Å². The van der Waals surface area contributed by atoms with E-state index in [-0.39, 0.29) is 16.3 Å². The van der Waals surface area contributed by atoms with Gasteiger partial charge in [0, 0.05) is 22.8 Å². The van der Waals surface area contributed by atoms with Gasteiger partial charge in [0.1, 0.15) is 0 Å². The molecule has 0 spiro atoms. The Morgan fingerprint density at radius 1 is 1.18 bits per heavy atom. The van der Waals surface area contributed by atoms with Crippen molar-refractivity contribution in [3.05, 3.63) is 64.2 Å². The van der Waals surface area contributed by atoms with E-state index in [4.69, 9.17) is 16.3 Å². The first-order valence-corrected chi connectivity index (χ1v) is 9.90. The normalized spacial score (nSPS) is 12.3. The number of ether oxygens (including phenoxy) is 1. The molecule has 0 heterocycles. The summed E-state index contributed by atoms with van der Waals surface area (Å²) in [6.07, 6.45) is -3.21. The second kappa shape index (κ2) is 9.20. The molecule has 28 heavy (non-hydrogen) atoms. The monoisotopic (exact) mass is 433 g/mol. The first-order valence-electron chi connectivity index (χ1n) is 7.79. The number of para-hydroxylation sites is 1. The molecule has 0 aliphatic carbocycles. The van der Waals surface area contributed by atoms with Crippen molar-refractivity contribution in [3.8, 4) is 0 Å². The third-order valence-electron chi connectivity index (χ3n) is 3.45. The van der Waals surface area contributed by atoms with E-state index in [9.17, 15) is 27.0 Å². The molecule has 0 aliphatic heterocycles. The zero-order chi connectivity index (χ0) is 20.9. The standard InChI is InChI=1S/C18H15ClF3NO4S/c1-28(26)10-11-4-2-5-12(8-11)17(25)27-9-15(24)23-16-13(18(20,21)22)6-3-7-14(16)19/h2-8H,9-10H2,1H3,(H,23,24). The fourth-order valence-electron chi connectivity index (χ4n) is 2.30. The second-order valence-electron chi connectivity index (χ2n) is 5.70. The minimum Gasteiger partial charge on any atom is -0.452 e. The number of carbonyl (C=O) groups is 2. The zero-order valence-electron chi connectivity index (χ0n) is 14.5. The lowest BCUT2D eigenvalue weighted by atomic mass is 10.1. The maximum Gasteiger partial charge on any atom is 0.418 e. The van der Waals surface area contributed by atoms with E-state index in [1.807, 2.05) is 5.32 Å². The molecule has 150 valence electrons. The first kappa shape index (κ1) is 21.9. The molecule has 0 bridgehead atoms. The zero-order valence-corrected chi connectivity index (χ0v) is 16.1. The largest absolute Gasteiger partial charge is 0.452 e. The van der Waals surface area contributed by atoms with Crippen molar-refractivity contribution in [3.63, 3.8) is 0 Å². The van der Waals surface area contributed by atoms with Crippen molar-refractivity contribution in [2.45, 2.75) is 11.9 Å². The summed E-state index contributed by atoms with van der Waals surface area (Å²) in [4.78, 5) is 24.0. The molecule has 0 aliphatic rings. The molecule has 0 saturated carbocycles. The van der Waals surface area contributed by atoms with Gasteiger partial charge in [-0.15, -0.1) is 0 Å². The van der Waals surface area contributed by atoms with Crippen LogP contribution in [0.3, 0.4) is 0 Å². The van der Waals surface area contributed by atoms with Gasteiger partial charge in [-0.05, 0) is 29.8 Å². The summed E-state index contributed by atoms with van der Waals surface area (Å²) >= 11 is 5.75. The molecule has 5 nitrogen and oxygen atoms in total. The maximum atomic E-state index is 13.0.